The van der Waals surface area contributed by atoms with E-state index in [-0.39, 0.29) is 17.4 Å². The van der Waals surface area contributed by atoms with Gasteiger partial charge in [0, 0.05) is 6.42 Å². The first-order valence-electron chi connectivity index (χ1n) is 5.64. The van der Waals surface area contributed by atoms with Crippen molar-refractivity contribution in [3.8, 4) is 0 Å². The third kappa shape index (κ3) is 2.62. The van der Waals surface area contributed by atoms with E-state index in [0.717, 1.165) is 12.2 Å². The van der Waals surface area contributed by atoms with Crippen LogP contribution >= 0.6 is 11.6 Å². The van der Waals surface area contributed by atoms with Crippen molar-refractivity contribution in [2.24, 2.45) is 0 Å². The summed E-state index contributed by atoms with van der Waals surface area (Å²) in [7, 11) is 0. The van der Waals surface area contributed by atoms with Gasteiger partial charge in [0.05, 0.1) is 0 Å². The van der Waals surface area contributed by atoms with Gasteiger partial charge in [-0.15, -0.1) is 11.6 Å². The van der Waals surface area contributed by atoms with Gasteiger partial charge in [0.1, 0.15) is 17.0 Å². The van der Waals surface area contributed by atoms with Crippen molar-refractivity contribution in [1.82, 2.24) is 0 Å². The molecule has 0 spiro atoms. The van der Waals surface area contributed by atoms with Gasteiger partial charge in [-0.3, -0.25) is 4.79 Å². The Bertz CT molecular complexity index is 545. The number of furan rings is 1. The number of aryl methyl sites for hydroxylation is 1. The smallest absolute Gasteiger partial charge is 0.220 e. The summed E-state index contributed by atoms with van der Waals surface area (Å²) < 4.78 is 18.1. The number of halogens is 2. The summed E-state index contributed by atoms with van der Waals surface area (Å²) in [5.41, 5.74) is 0.553. The fourth-order valence-electron chi connectivity index (χ4n) is 1.61. The number of carbonyl (C=O) groups is 1. The van der Waals surface area contributed by atoms with Crippen LogP contribution in [-0.2, 0) is 6.42 Å². The maximum atomic E-state index is 12.8. The zero-order valence-corrected chi connectivity index (χ0v) is 10.6. The molecule has 1 heterocycles. The van der Waals surface area contributed by atoms with Gasteiger partial charge < -0.3 is 4.42 Å². The lowest BCUT2D eigenvalue weighted by Gasteiger charge is -2.06. The molecule has 0 amide bonds. The molecule has 1 unspecified atom stereocenters. The predicted octanol–water partition coefficient (Wildman–Crippen LogP) is 4.14. The highest BCUT2D eigenvalue weighted by Gasteiger charge is 2.22. The second-order valence-corrected chi connectivity index (χ2v) is 4.33. The largest absolute Gasteiger partial charge is 0.458 e. The Labute approximate surface area is 109 Å². The van der Waals surface area contributed by atoms with Crippen LogP contribution in [0.5, 0.6) is 0 Å². The molecule has 0 N–H and O–H groups in total. The SMILES string of the molecule is CCc1ccc(C(=O)C(Cl)c2ccc(F)cc2)o1. The average molecular weight is 267 g/mol. The quantitative estimate of drug-likeness (QED) is 0.615. The lowest BCUT2D eigenvalue weighted by Crippen LogP contribution is -2.06. The zero-order chi connectivity index (χ0) is 13.1. The van der Waals surface area contributed by atoms with Crippen molar-refractivity contribution in [1.29, 1.82) is 0 Å². The summed E-state index contributed by atoms with van der Waals surface area (Å²) in [6, 6.07) is 8.90. The van der Waals surface area contributed by atoms with Crippen molar-refractivity contribution < 1.29 is 13.6 Å². The van der Waals surface area contributed by atoms with Crippen LogP contribution in [0.4, 0.5) is 4.39 Å². The molecule has 1 atom stereocenters. The standard InChI is InChI=1S/C14H12ClFO2/c1-2-11-7-8-12(18-11)14(17)13(15)9-3-5-10(16)6-4-9/h3-8,13H,2H2,1H3. The van der Waals surface area contributed by atoms with Crippen LogP contribution in [0.3, 0.4) is 0 Å². The van der Waals surface area contributed by atoms with Gasteiger partial charge >= 0.3 is 0 Å². The predicted molar refractivity (Wildman–Crippen MR) is 67.4 cm³/mol. The van der Waals surface area contributed by atoms with E-state index in [1.54, 1.807) is 12.1 Å². The molecule has 2 nitrogen and oxygen atoms in total. The van der Waals surface area contributed by atoms with Crippen LogP contribution in [-0.4, -0.2) is 5.78 Å². The average Bonchev–Trinajstić information content (AvgIpc) is 2.86. The fourth-order valence-corrected chi connectivity index (χ4v) is 1.86. The molecule has 4 heteroatoms. The highest BCUT2D eigenvalue weighted by atomic mass is 35.5. The molecule has 2 rings (SSSR count). The Morgan fingerprint density at radius 2 is 1.94 bits per heavy atom. The monoisotopic (exact) mass is 266 g/mol. The van der Waals surface area contributed by atoms with Gasteiger partial charge in [-0.25, -0.2) is 4.39 Å². The first kappa shape index (κ1) is 12.8. The maximum Gasteiger partial charge on any atom is 0.220 e. The Balaban J connectivity index is 2.20. The van der Waals surface area contributed by atoms with Gasteiger partial charge in [0.15, 0.2) is 5.76 Å². The molecular weight excluding hydrogens is 255 g/mol. The Morgan fingerprint density at radius 1 is 1.28 bits per heavy atom. The Morgan fingerprint density at radius 3 is 2.50 bits per heavy atom. The number of carbonyl (C=O) groups excluding carboxylic acids is 1. The van der Waals surface area contributed by atoms with Crippen LogP contribution in [0, 0.1) is 5.82 Å². The summed E-state index contributed by atoms with van der Waals surface area (Å²) in [5.74, 6) is 0.293. The maximum absolute atomic E-state index is 12.8. The number of hydrogen-bond donors (Lipinski definition) is 0. The summed E-state index contributed by atoms with van der Waals surface area (Å²) in [6.45, 7) is 1.94. The minimum Gasteiger partial charge on any atom is -0.458 e. The van der Waals surface area contributed by atoms with Crippen LogP contribution in [0.25, 0.3) is 0 Å². The summed E-state index contributed by atoms with van der Waals surface area (Å²) in [4.78, 5) is 12.0. The Hall–Kier alpha value is -1.61. The van der Waals surface area contributed by atoms with E-state index in [1.807, 2.05) is 6.92 Å². The molecule has 94 valence electrons. The normalized spacial score (nSPS) is 12.4. The summed E-state index contributed by atoms with van der Waals surface area (Å²) >= 11 is 6.06. The number of hydrogen-bond acceptors (Lipinski definition) is 2. The van der Waals surface area contributed by atoms with Crippen molar-refractivity contribution >= 4 is 17.4 Å². The van der Waals surface area contributed by atoms with Gasteiger partial charge in [0.25, 0.3) is 0 Å². The summed E-state index contributed by atoms with van der Waals surface area (Å²) in [6.07, 6.45) is 0.719. The van der Waals surface area contributed by atoms with E-state index >= 15 is 0 Å². The number of ketones is 1. The molecule has 0 radical (unpaired) electrons. The lowest BCUT2D eigenvalue weighted by atomic mass is 10.1. The van der Waals surface area contributed by atoms with E-state index in [9.17, 15) is 9.18 Å². The molecule has 0 saturated heterocycles. The van der Waals surface area contributed by atoms with E-state index in [1.165, 1.54) is 24.3 Å². The van der Waals surface area contributed by atoms with Crippen molar-refractivity contribution in [3.05, 3.63) is 59.3 Å². The van der Waals surface area contributed by atoms with Crippen LogP contribution in [0.2, 0.25) is 0 Å². The summed E-state index contributed by atoms with van der Waals surface area (Å²) in [5, 5.41) is -0.860. The minimum absolute atomic E-state index is 0.233. The topological polar surface area (TPSA) is 30.2 Å². The second kappa shape index (κ2) is 5.36. The highest BCUT2D eigenvalue weighted by Crippen LogP contribution is 2.26. The highest BCUT2D eigenvalue weighted by molar-refractivity contribution is 6.33. The van der Waals surface area contributed by atoms with E-state index in [4.69, 9.17) is 16.0 Å². The molecule has 0 bridgehead atoms. The molecule has 0 aliphatic rings. The van der Waals surface area contributed by atoms with E-state index < -0.39 is 5.38 Å². The molecule has 18 heavy (non-hydrogen) atoms. The number of alkyl halides is 1. The first-order valence-corrected chi connectivity index (χ1v) is 6.08. The van der Waals surface area contributed by atoms with Gasteiger partial charge in [0.2, 0.25) is 5.78 Å². The van der Waals surface area contributed by atoms with Gasteiger partial charge in [-0.2, -0.15) is 0 Å². The van der Waals surface area contributed by atoms with E-state index in [0.29, 0.717) is 5.56 Å². The number of rotatable bonds is 4. The van der Waals surface area contributed by atoms with E-state index in [2.05, 4.69) is 0 Å². The molecule has 2 aromatic rings. The molecule has 0 aliphatic carbocycles. The molecule has 0 aliphatic heterocycles. The fraction of sp³-hybridized carbons (Fsp3) is 0.214. The molecular formula is C14H12ClFO2. The third-order valence-corrected chi connectivity index (χ3v) is 3.10. The van der Waals surface area contributed by atoms with Crippen molar-refractivity contribution in [2.75, 3.05) is 0 Å². The molecule has 0 fully saturated rings. The minimum atomic E-state index is -0.860. The Kier molecular flexibility index (Phi) is 3.82. The zero-order valence-electron chi connectivity index (χ0n) is 9.82. The van der Waals surface area contributed by atoms with Gasteiger partial charge in [-0.1, -0.05) is 19.1 Å². The van der Waals surface area contributed by atoms with Crippen LogP contribution < -0.4 is 0 Å². The first-order chi connectivity index (χ1) is 8.61. The number of Topliss-reactive ketones (excluding diaryl/α,β-unsaturated/α-hetero) is 1. The molecule has 0 saturated carbocycles. The molecule has 1 aromatic heterocycles. The van der Waals surface area contributed by atoms with Crippen molar-refractivity contribution in [3.63, 3.8) is 0 Å². The number of benzene rings is 1. The van der Waals surface area contributed by atoms with Crippen molar-refractivity contribution in [2.45, 2.75) is 18.7 Å². The molecule has 1 aromatic carbocycles. The second-order valence-electron chi connectivity index (χ2n) is 3.90. The third-order valence-electron chi connectivity index (χ3n) is 2.65. The van der Waals surface area contributed by atoms with Gasteiger partial charge in [-0.05, 0) is 29.8 Å². The van der Waals surface area contributed by atoms with Crippen LogP contribution in [0.15, 0.2) is 40.8 Å². The van der Waals surface area contributed by atoms with Crippen LogP contribution in [0.1, 0.15) is 34.2 Å². The lowest BCUT2D eigenvalue weighted by molar-refractivity contribution is 0.0958.